The van der Waals surface area contributed by atoms with E-state index in [1.54, 1.807) is 0 Å². The minimum Gasteiger partial charge on any atom is -0.389 e. The zero-order valence-corrected chi connectivity index (χ0v) is 12.9. The normalized spacial score (nSPS) is 25.9. The first-order valence-corrected chi connectivity index (χ1v) is 8.22. The SMILES string of the molecule is CC1(C)CCC(O)(Cc2ccn(C3CCCC3)n2)CC1. The Morgan fingerprint density at radius 1 is 1.20 bits per heavy atom. The second kappa shape index (κ2) is 5.18. The van der Waals surface area contributed by atoms with Crippen LogP contribution in [0.25, 0.3) is 0 Å². The molecule has 20 heavy (non-hydrogen) atoms. The van der Waals surface area contributed by atoms with Gasteiger partial charge in [0.25, 0.3) is 0 Å². The molecule has 0 spiro atoms. The van der Waals surface area contributed by atoms with E-state index in [9.17, 15) is 5.11 Å². The lowest BCUT2D eigenvalue weighted by Gasteiger charge is -2.40. The minimum atomic E-state index is -0.523. The van der Waals surface area contributed by atoms with Gasteiger partial charge in [-0.25, -0.2) is 0 Å². The molecule has 2 aliphatic carbocycles. The van der Waals surface area contributed by atoms with Crippen molar-refractivity contribution in [3.05, 3.63) is 18.0 Å². The van der Waals surface area contributed by atoms with Gasteiger partial charge in [0.2, 0.25) is 0 Å². The summed E-state index contributed by atoms with van der Waals surface area (Å²) in [6.07, 6.45) is 12.1. The zero-order chi connectivity index (χ0) is 14.2. The maximum Gasteiger partial charge on any atom is 0.0704 e. The van der Waals surface area contributed by atoms with E-state index < -0.39 is 5.60 Å². The van der Waals surface area contributed by atoms with Crippen LogP contribution in [-0.4, -0.2) is 20.5 Å². The molecule has 112 valence electrons. The van der Waals surface area contributed by atoms with E-state index >= 15 is 0 Å². The molecule has 3 rings (SSSR count). The lowest BCUT2D eigenvalue weighted by atomic mass is 9.70. The first kappa shape index (κ1) is 14.1. The monoisotopic (exact) mass is 276 g/mol. The van der Waals surface area contributed by atoms with Crippen molar-refractivity contribution in [2.24, 2.45) is 5.41 Å². The molecule has 2 aliphatic rings. The minimum absolute atomic E-state index is 0.398. The standard InChI is InChI=1S/C17H28N2O/c1-16(2)8-10-17(20,11-9-16)13-14-7-12-19(18-14)15-5-3-4-6-15/h7,12,15,20H,3-6,8-11,13H2,1-2H3. The molecule has 0 atom stereocenters. The van der Waals surface area contributed by atoms with Gasteiger partial charge in [-0.3, -0.25) is 4.68 Å². The maximum atomic E-state index is 10.8. The number of nitrogens with zero attached hydrogens (tertiary/aromatic N) is 2. The van der Waals surface area contributed by atoms with Gasteiger partial charge in [0.1, 0.15) is 0 Å². The van der Waals surface area contributed by atoms with Gasteiger partial charge >= 0.3 is 0 Å². The van der Waals surface area contributed by atoms with Crippen LogP contribution < -0.4 is 0 Å². The average molecular weight is 276 g/mol. The summed E-state index contributed by atoms with van der Waals surface area (Å²) >= 11 is 0. The van der Waals surface area contributed by atoms with Crippen LogP contribution in [-0.2, 0) is 6.42 Å². The third-order valence-electron chi connectivity index (χ3n) is 5.41. The van der Waals surface area contributed by atoms with Gasteiger partial charge in [-0.2, -0.15) is 5.10 Å². The van der Waals surface area contributed by atoms with E-state index in [1.165, 1.54) is 25.7 Å². The summed E-state index contributed by atoms with van der Waals surface area (Å²) in [7, 11) is 0. The molecule has 3 heteroatoms. The number of aromatic nitrogens is 2. The van der Waals surface area contributed by atoms with Crippen LogP contribution >= 0.6 is 0 Å². The smallest absolute Gasteiger partial charge is 0.0704 e. The summed E-state index contributed by atoms with van der Waals surface area (Å²) in [5, 5.41) is 15.5. The molecule has 2 fully saturated rings. The Bertz CT molecular complexity index is 447. The molecule has 0 radical (unpaired) electrons. The largest absolute Gasteiger partial charge is 0.389 e. The quantitative estimate of drug-likeness (QED) is 0.910. The highest BCUT2D eigenvalue weighted by molar-refractivity contribution is 5.06. The fourth-order valence-electron chi connectivity index (χ4n) is 3.75. The predicted molar refractivity (Wildman–Crippen MR) is 80.6 cm³/mol. The Balaban J connectivity index is 1.63. The van der Waals surface area contributed by atoms with Crippen LogP contribution in [0.4, 0.5) is 0 Å². The predicted octanol–water partition coefficient (Wildman–Crippen LogP) is 3.87. The first-order valence-electron chi connectivity index (χ1n) is 8.22. The second-order valence-electron chi connectivity index (χ2n) is 7.79. The van der Waals surface area contributed by atoms with Gasteiger partial charge in [0.15, 0.2) is 0 Å². The molecular weight excluding hydrogens is 248 g/mol. The van der Waals surface area contributed by atoms with Crippen LogP contribution in [0.2, 0.25) is 0 Å². The van der Waals surface area contributed by atoms with E-state index in [0.717, 1.165) is 37.8 Å². The van der Waals surface area contributed by atoms with Crippen molar-refractivity contribution in [1.29, 1.82) is 0 Å². The van der Waals surface area contributed by atoms with Crippen LogP contribution in [0.3, 0.4) is 0 Å². The van der Waals surface area contributed by atoms with Crippen LogP contribution in [0.15, 0.2) is 12.3 Å². The number of rotatable bonds is 3. The Morgan fingerprint density at radius 3 is 2.50 bits per heavy atom. The summed E-state index contributed by atoms with van der Waals surface area (Å²) in [6, 6.07) is 2.71. The molecule has 0 bridgehead atoms. The number of aliphatic hydroxyl groups is 1. The Morgan fingerprint density at radius 2 is 1.85 bits per heavy atom. The van der Waals surface area contributed by atoms with Crippen molar-refractivity contribution in [3.63, 3.8) is 0 Å². The maximum absolute atomic E-state index is 10.8. The summed E-state index contributed by atoms with van der Waals surface area (Å²) < 4.78 is 2.14. The molecule has 1 heterocycles. The van der Waals surface area contributed by atoms with Crippen molar-refractivity contribution in [1.82, 2.24) is 9.78 Å². The summed E-state index contributed by atoms with van der Waals surface area (Å²) in [5.41, 5.74) is 0.943. The van der Waals surface area contributed by atoms with Crippen LogP contribution in [0.1, 0.15) is 76.9 Å². The molecule has 1 aromatic rings. The molecule has 0 aromatic carbocycles. The van der Waals surface area contributed by atoms with Gasteiger partial charge in [0, 0.05) is 12.6 Å². The lowest BCUT2D eigenvalue weighted by Crippen LogP contribution is -2.38. The highest BCUT2D eigenvalue weighted by Gasteiger charge is 2.37. The van der Waals surface area contributed by atoms with E-state index in [4.69, 9.17) is 5.10 Å². The van der Waals surface area contributed by atoms with E-state index in [2.05, 4.69) is 30.8 Å². The lowest BCUT2D eigenvalue weighted by molar-refractivity contribution is -0.0259. The molecule has 0 unspecified atom stereocenters. The molecule has 0 amide bonds. The third-order valence-corrected chi connectivity index (χ3v) is 5.41. The average Bonchev–Trinajstić information content (AvgIpc) is 3.04. The molecular formula is C17H28N2O. The highest BCUT2D eigenvalue weighted by atomic mass is 16.3. The van der Waals surface area contributed by atoms with Crippen molar-refractivity contribution < 1.29 is 5.11 Å². The zero-order valence-electron chi connectivity index (χ0n) is 12.9. The highest BCUT2D eigenvalue weighted by Crippen LogP contribution is 2.41. The van der Waals surface area contributed by atoms with Gasteiger partial charge in [-0.05, 0) is 50.0 Å². The van der Waals surface area contributed by atoms with Crippen LogP contribution in [0.5, 0.6) is 0 Å². The van der Waals surface area contributed by atoms with Crippen LogP contribution in [0, 0.1) is 5.41 Å². The molecule has 1 aromatic heterocycles. The molecule has 2 saturated carbocycles. The summed E-state index contributed by atoms with van der Waals surface area (Å²) in [6.45, 7) is 4.61. The second-order valence-corrected chi connectivity index (χ2v) is 7.79. The van der Waals surface area contributed by atoms with Crippen molar-refractivity contribution >= 4 is 0 Å². The summed E-state index contributed by atoms with van der Waals surface area (Å²) in [5.74, 6) is 0. The van der Waals surface area contributed by atoms with Crippen molar-refractivity contribution in [2.75, 3.05) is 0 Å². The molecule has 0 saturated heterocycles. The Labute approximate surface area is 122 Å². The van der Waals surface area contributed by atoms with Crippen molar-refractivity contribution in [3.8, 4) is 0 Å². The molecule has 1 N–H and O–H groups in total. The van der Waals surface area contributed by atoms with Crippen molar-refractivity contribution in [2.45, 2.75) is 83.3 Å². The first-order chi connectivity index (χ1) is 9.46. The Kier molecular flexibility index (Phi) is 3.65. The van der Waals surface area contributed by atoms with Gasteiger partial charge in [0.05, 0.1) is 17.3 Å². The fourth-order valence-corrected chi connectivity index (χ4v) is 3.75. The topological polar surface area (TPSA) is 38.0 Å². The third kappa shape index (κ3) is 3.08. The number of hydrogen-bond donors (Lipinski definition) is 1. The van der Waals surface area contributed by atoms with Gasteiger partial charge in [-0.1, -0.05) is 26.7 Å². The fraction of sp³-hybridized carbons (Fsp3) is 0.824. The van der Waals surface area contributed by atoms with E-state index in [1.807, 2.05) is 0 Å². The molecule has 3 nitrogen and oxygen atoms in total. The van der Waals surface area contributed by atoms with Gasteiger partial charge in [-0.15, -0.1) is 0 Å². The number of hydrogen-bond acceptors (Lipinski definition) is 2. The van der Waals surface area contributed by atoms with E-state index in [-0.39, 0.29) is 0 Å². The summed E-state index contributed by atoms with van der Waals surface area (Å²) in [4.78, 5) is 0. The Hall–Kier alpha value is -0.830. The van der Waals surface area contributed by atoms with Gasteiger partial charge < -0.3 is 5.11 Å². The molecule has 0 aliphatic heterocycles. The van der Waals surface area contributed by atoms with E-state index in [0.29, 0.717) is 11.5 Å².